The van der Waals surface area contributed by atoms with Gasteiger partial charge in [0.15, 0.2) is 0 Å². The van der Waals surface area contributed by atoms with Crippen LogP contribution in [0.5, 0.6) is 5.75 Å². The van der Waals surface area contributed by atoms with Gasteiger partial charge in [-0.15, -0.1) is 0 Å². The number of rotatable bonds is 3. The van der Waals surface area contributed by atoms with E-state index in [4.69, 9.17) is 4.74 Å². The molecule has 19 heavy (non-hydrogen) atoms. The molecule has 1 heterocycles. The van der Waals surface area contributed by atoms with Crippen molar-refractivity contribution < 1.29 is 4.74 Å². The van der Waals surface area contributed by atoms with Crippen LogP contribution in [0.4, 0.5) is 0 Å². The van der Waals surface area contributed by atoms with E-state index in [1.165, 1.54) is 16.7 Å². The molecule has 1 aliphatic rings. The molecule has 2 nitrogen and oxygen atoms in total. The van der Waals surface area contributed by atoms with E-state index in [0.29, 0.717) is 0 Å². The minimum absolute atomic E-state index is 0.889. The van der Waals surface area contributed by atoms with Gasteiger partial charge in [-0.25, -0.2) is 0 Å². The van der Waals surface area contributed by atoms with Crippen LogP contribution in [0.25, 0.3) is 0 Å². The van der Waals surface area contributed by atoms with Gasteiger partial charge in [0.1, 0.15) is 5.75 Å². The van der Waals surface area contributed by atoms with E-state index in [2.05, 4.69) is 51.2 Å². The van der Waals surface area contributed by atoms with E-state index in [0.717, 1.165) is 29.9 Å². The first-order valence-electron chi connectivity index (χ1n) is 6.38. The van der Waals surface area contributed by atoms with Gasteiger partial charge in [-0.2, -0.15) is 0 Å². The smallest absolute Gasteiger partial charge is 0.120 e. The van der Waals surface area contributed by atoms with E-state index in [1.54, 1.807) is 7.11 Å². The van der Waals surface area contributed by atoms with Crippen molar-refractivity contribution in [3.63, 3.8) is 0 Å². The number of hydrogen-bond acceptors (Lipinski definition) is 2. The van der Waals surface area contributed by atoms with Crippen LogP contribution in [0.15, 0.2) is 46.9 Å². The largest absolute Gasteiger partial charge is 0.497 e. The Hall–Kier alpha value is -1.32. The summed E-state index contributed by atoms with van der Waals surface area (Å²) >= 11 is 3.62. The molecule has 0 saturated carbocycles. The molecule has 0 saturated heterocycles. The molecule has 0 unspecified atom stereocenters. The van der Waals surface area contributed by atoms with E-state index in [-0.39, 0.29) is 0 Å². The predicted octanol–water partition coefficient (Wildman–Crippen LogP) is 3.97. The summed E-state index contributed by atoms with van der Waals surface area (Å²) in [6, 6.07) is 14.8. The standard InChI is InChI=1S/C16H16BrNO/c1-19-15-7-6-14(16(17)8-15)11-18-9-12-4-2-3-5-13(12)10-18/h2-8H,9-11H2,1H3. The molecule has 2 aromatic rings. The highest BCUT2D eigenvalue weighted by atomic mass is 79.9. The lowest BCUT2D eigenvalue weighted by Crippen LogP contribution is -2.15. The molecule has 0 radical (unpaired) electrons. The lowest BCUT2D eigenvalue weighted by atomic mass is 10.1. The van der Waals surface area contributed by atoms with Gasteiger partial charge in [0.05, 0.1) is 7.11 Å². The molecule has 3 heteroatoms. The zero-order chi connectivity index (χ0) is 13.2. The molecular formula is C16H16BrNO. The van der Waals surface area contributed by atoms with Gasteiger partial charge >= 0.3 is 0 Å². The number of nitrogens with zero attached hydrogens (tertiary/aromatic N) is 1. The van der Waals surface area contributed by atoms with Crippen molar-refractivity contribution in [1.82, 2.24) is 4.90 Å². The number of methoxy groups -OCH3 is 1. The molecule has 0 atom stereocenters. The van der Waals surface area contributed by atoms with Crippen molar-refractivity contribution in [3.8, 4) is 5.75 Å². The molecule has 0 spiro atoms. The fraction of sp³-hybridized carbons (Fsp3) is 0.250. The molecule has 0 aromatic heterocycles. The van der Waals surface area contributed by atoms with Crippen LogP contribution in [-0.4, -0.2) is 12.0 Å². The number of benzene rings is 2. The fourth-order valence-electron chi connectivity index (χ4n) is 2.54. The Balaban J connectivity index is 1.74. The number of ether oxygens (including phenoxy) is 1. The van der Waals surface area contributed by atoms with Crippen LogP contribution in [0.3, 0.4) is 0 Å². The van der Waals surface area contributed by atoms with Gasteiger partial charge in [0.25, 0.3) is 0 Å². The zero-order valence-corrected chi connectivity index (χ0v) is 12.5. The van der Waals surface area contributed by atoms with Crippen molar-refractivity contribution >= 4 is 15.9 Å². The van der Waals surface area contributed by atoms with Gasteiger partial charge in [-0.3, -0.25) is 4.90 Å². The maximum Gasteiger partial charge on any atom is 0.120 e. The SMILES string of the molecule is COc1ccc(CN2Cc3ccccc3C2)c(Br)c1. The molecule has 0 aliphatic carbocycles. The molecule has 0 N–H and O–H groups in total. The topological polar surface area (TPSA) is 12.5 Å². The first-order chi connectivity index (χ1) is 9.26. The molecule has 2 aromatic carbocycles. The van der Waals surface area contributed by atoms with Gasteiger partial charge < -0.3 is 4.74 Å². The maximum absolute atomic E-state index is 5.23. The lowest BCUT2D eigenvalue weighted by molar-refractivity contribution is 0.275. The second kappa shape index (κ2) is 5.35. The van der Waals surface area contributed by atoms with Crippen molar-refractivity contribution in [2.45, 2.75) is 19.6 Å². The quantitative estimate of drug-likeness (QED) is 0.849. The minimum Gasteiger partial charge on any atom is -0.497 e. The molecule has 1 aliphatic heterocycles. The first kappa shape index (κ1) is 12.7. The van der Waals surface area contributed by atoms with E-state index in [9.17, 15) is 0 Å². The third kappa shape index (κ3) is 2.67. The monoisotopic (exact) mass is 317 g/mol. The Bertz CT molecular complexity index is 572. The van der Waals surface area contributed by atoms with E-state index >= 15 is 0 Å². The lowest BCUT2D eigenvalue weighted by Gasteiger charge is -2.16. The molecular weight excluding hydrogens is 302 g/mol. The molecule has 3 rings (SSSR count). The number of hydrogen-bond donors (Lipinski definition) is 0. The van der Waals surface area contributed by atoms with Crippen molar-refractivity contribution in [2.75, 3.05) is 7.11 Å². The van der Waals surface area contributed by atoms with Crippen LogP contribution < -0.4 is 4.74 Å². The average Bonchev–Trinajstić information content (AvgIpc) is 2.83. The predicted molar refractivity (Wildman–Crippen MR) is 80.1 cm³/mol. The highest BCUT2D eigenvalue weighted by molar-refractivity contribution is 9.10. The molecule has 98 valence electrons. The van der Waals surface area contributed by atoms with Gasteiger partial charge in [-0.05, 0) is 28.8 Å². The summed E-state index contributed by atoms with van der Waals surface area (Å²) in [5, 5.41) is 0. The third-order valence-electron chi connectivity index (χ3n) is 3.56. The Labute approximate surface area is 122 Å². The van der Waals surface area contributed by atoms with Crippen molar-refractivity contribution in [1.29, 1.82) is 0 Å². The van der Waals surface area contributed by atoms with Gasteiger partial charge in [-0.1, -0.05) is 46.3 Å². The highest BCUT2D eigenvalue weighted by Crippen LogP contribution is 2.28. The van der Waals surface area contributed by atoms with Crippen LogP contribution >= 0.6 is 15.9 Å². The third-order valence-corrected chi connectivity index (χ3v) is 4.30. The highest BCUT2D eigenvalue weighted by Gasteiger charge is 2.18. The first-order valence-corrected chi connectivity index (χ1v) is 7.17. The normalized spacial score (nSPS) is 14.4. The van der Waals surface area contributed by atoms with Crippen LogP contribution in [0.1, 0.15) is 16.7 Å². The Morgan fingerprint density at radius 2 is 1.79 bits per heavy atom. The van der Waals surface area contributed by atoms with Crippen molar-refractivity contribution in [2.24, 2.45) is 0 Å². The average molecular weight is 318 g/mol. The zero-order valence-electron chi connectivity index (χ0n) is 10.9. The van der Waals surface area contributed by atoms with Crippen LogP contribution in [0, 0.1) is 0 Å². The molecule has 0 bridgehead atoms. The van der Waals surface area contributed by atoms with E-state index < -0.39 is 0 Å². The summed E-state index contributed by atoms with van der Waals surface area (Å²) in [4.78, 5) is 2.46. The van der Waals surface area contributed by atoms with Gasteiger partial charge in [0.2, 0.25) is 0 Å². The molecule has 0 amide bonds. The Morgan fingerprint density at radius 1 is 1.11 bits per heavy atom. The Kier molecular flexibility index (Phi) is 3.58. The second-order valence-electron chi connectivity index (χ2n) is 4.87. The van der Waals surface area contributed by atoms with Crippen LogP contribution in [0.2, 0.25) is 0 Å². The summed E-state index contributed by atoms with van der Waals surface area (Å²) in [6.07, 6.45) is 0. The summed E-state index contributed by atoms with van der Waals surface area (Å²) in [5.74, 6) is 0.889. The second-order valence-corrected chi connectivity index (χ2v) is 5.73. The van der Waals surface area contributed by atoms with Crippen LogP contribution in [-0.2, 0) is 19.6 Å². The van der Waals surface area contributed by atoms with Gasteiger partial charge in [0, 0.05) is 24.1 Å². The van der Waals surface area contributed by atoms with E-state index in [1.807, 2.05) is 12.1 Å². The fourth-order valence-corrected chi connectivity index (χ4v) is 3.02. The number of fused-ring (bicyclic) bond motifs is 1. The summed E-state index contributed by atoms with van der Waals surface area (Å²) in [7, 11) is 1.69. The summed E-state index contributed by atoms with van der Waals surface area (Å²) in [6.45, 7) is 3.03. The summed E-state index contributed by atoms with van der Waals surface area (Å²) < 4.78 is 6.34. The van der Waals surface area contributed by atoms with Crippen molar-refractivity contribution in [3.05, 3.63) is 63.6 Å². The minimum atomic E-state index is 0.889. The molecule has 0 fully saturated rings. The summed E-state index contributed by atoms with van der Waals surface area (Å²) in [5.41, 5.74) is 4.20. The maximum atomic E-state index is 5.23. The Morgan fingerprint density at radius 3 is 2.37 bits per heavy atom. The number of halogens is 1.